The molecule has 3 nitrogen and oxygen atoms in total. The Hall–Kier alpha value is -0.220. The third-order valence-corrected chi connectivity index (χ3v) is 6.17. The summed E-state index contributed by atoms with van der Waals surface area (Å²) >= 11 is 1.83. The van der Waals surface area contributed by atoms with E-state index in [2.05, 4.69) is 6.92 Å². The first-order valence-electron chi connectivity index (χ1n) is 7.20. The lowest BCUT2D eigenvalue weighted by molar-refractivity contribution is -0.135. The van der Waals surface area contributed by atoms with Crippen LogP contribution in [-0.2, 0) is 4.79 Å². The highest BCUT2D eigenvalue weighted by Crippen LogP contribution is 2.40. The van der Waals surface area contributed by atoms with Crippen LogP contribution in [0.15, 0.2) is 0 Å². The van der Waals surface area contributed by atoms with Crippen molar-refractivity contribution in [2.45, 2.75) is 56.2 Å². The SMILES string of the molecule is CN(C(=O)C1(C)CCCS1)C1CCCCC1CN. The molecule has 0 bridgehead atoms. The zero-order chi connectivity index (χ0) is 13.2. The van der Waals surface area contributed by atoms with Crippen LogP contribution in [0.2, 0.25) is 0 Å². The fourth-order valence-electron chi connectivity index (χ4n) is 3.44. The Morgan fingerprint density at radius 2 is 2.11 bits per heavy atom. The van der Waals surface area contributed by atoms with Gasteiger partial charge >= 0.3 is 0 Å². The fraction of sp³-hybridized carbons (Fsp3) is 0.929. The largest absolute Gasteiger partial charge is 0.341 e. The number of hydrogen-bond acceptors (Lipinski definition) is 3. The van der Waals surface area contributed by atoms with E-state index in [4.69, 9.17) is 5.73 Å². The molecule has 1 heterocycles. The Bertz CT molecular complexity index is 302. The lowest BCUT2D eigenvalue weighted by Crippen LogP contribution is -2.51. The van der Waals surface area contributed by atoms with Crippen molar-refractivity contribution in [1.82, 2.24) is 4.90 Å². The maximum absolute atomic E-state index is 12.7. The number of thioether (sulfide) groups is 1. The molecule has 3 unspecified atom stereocenters. The molecule has 0 spiro atoms. The van der Waals surface area contributed by atoms with Gasteiger partial charge in [-0.2, -0.15) is 0 Å². The van der Waals surface area contributed by atoms with Gasteiger partial charge in [-0.15, -0.1) is 11.8 Å². The fourth-order valence-corrected chi connectivity index (χ4v) is 4.74. The molecule has 0 aromatic carbocycles. The summed E-state index contributed by atoms with van der Waals surface area (Å²) in [4.78, 5) is 14.7. The summed E-state index contributed by atoms with van der Waals surface area (Å²) < 4.78 is -0.175. The van der Waals surface area contributed by atoms with Gasteiger partial charge in [-0.05, 0) is 50.8 Å². The monoisotopic (exact) mass is 270 g/mol. The van der Waals surface area contributed by atoms with Crippen LogP contribution in [0.3, 0.4) is 0 Å². The zero-order valence-electron chi connectivity index (χ0n) is 11.7. The minimum Gasteiger partial charge on any atom is -0.341 e. The van der Waals surface area contributed by atoms with E-state index in [1.807, 2.05) is 23.7 Å². The van der Waals surface area contributed by atoms with Gasteiger partial charge in [0.1, 0.15) is 0 Å². The van der Waals surface area contributed by atoms with Crippen LogP contribution in [0.25, 0.3) is 0 Å². The molecule has 0 aromatic rings. The van der Waals surface area contributed by atoms with Crippen molar-refractivity contribution in [2.24, 2.45) is 11.7 Å². The molecule has 0 radical (unpaired) electrons. The van der Waals surface area contributed by atoms with Gasteiger partial charge in [-0.1, -0.05) is 12.8 Å². The molecule has 2 fully saturated rings. The molecule has 1 saturated heterocycles. The smallest absolute Gasteiger partial charge is 0.238 e. The van der Waals surface area contributed by atoms with Crippen molar-refractivity contribution in [3.8, 4) is 0 Å². The number of rotatable bonds is 3. The predicted molar refractivity (Wildman–Crippen MR) is 77.7 cm³/mol. The van der Waals surface area contributed by atoms with Gasteiger partial charge in [0.2, 0.25) is 5.91 Å². The van der Waals surface area contributed by atoms with Gasteiger partial charge in [0.05, 0.1) is 4.75 Å². The van der Waals surface area contributed by atoms with Crippen molar-refractivity contribution in [3.63, 3.8) is 0 Å². The van der Waals surface area contributed by atoms with E-state index in [0.29, 0.717) is 24.4 Å². The quantitative estimate of drug-likeness (QED) is 0.855. The molecule has 4 heteroatoms. The second kappa shape index (κ2) is 5.83. The van der Waals surface area contributed by atoms with Crippen LogP contribution < -0.4 is 5.73 Å². The summed E-state index contributed by atoms with van der Waals surface area (Å²) in [6.45, 7) is 2.83. The Morgan fingerprint density at radius 3 is 2.72 bits per heavy atom. The van der Waals surface area contributed by atoms with E-state index in [-0.39, 0.29) is 4.75 Å². The zero-order valence-corrected chi connectivity index (χ0v) is 12.5. The normalized spacial score (nSPS) is 36.6. The lowest BCUT2D eigenvalue weighted by atomic mass is 9.83. The maximum atomic E-state index is 12.7. The van der Waals surface area contributed by atoms with Gasteiger partial charge in [0.25, 0.3) is 0 Å². The molecule has 104 valence electrons. The molecular weight excluding hydrogens is 244 g/mol. The molecule has 1 aliphatic heterocycles. The number of carbonyl (C=O) groups excluding carboxylic acids is 1. The van der Waals surface area contributed by atoms with Crippen molar-refractivity contribution in [2.75, 3.05) is 19.3 Å². The minimum atomic E-state index is -0.175. The first kappa shape index (κ1) is 14.2. The number of nitrogens with two attached hydrogens (primary N) is 1. The van der Waals surface area contributed by atoms with Crippen molar-refractivity contribution < 1.29 is 4.79 Å². The number of amides is 1. The molecule has 2 aliphatic rings. The Kier molecular flexibility index (Phi) is 4.59. The van der Waals surface area contributed by atoms with Crippen LogP contribution in [0.1, 0.15) is 45.4 Å². The molecule has 1 amide bonds. The maximum Gasteiger partial charge on any atom is 0.238 e. The van der Waals surface area contributed by atoms with E-state index >= 15 is 0 Å². The lowest BCUT2D eigenvalue weighted by Gasteiger charge is -2.40. The van der Waals surface area contributed by atoms with E-state index in [9.17, 15) is 4.79 Å². The van der Waals surface area contributed by atoms with Gasteiger partial charge in [0, 0.05) is 13.1 Å². The molecule has 1 saturated carbocycles. The average molecular weight is 270 g/mol. The van der Waals surface area contributed by atoms with E-state index < -0.39 is 0 Å². The summed E-state index contributed by atoms with van der Waals surface area (Å²) in [5, 5.41) is 0. The van der Waals surface area contributed by atoms with Crippen molar-refractivity contribution in [1.29, 1.82) is 0 Å². The van der Waals surface area contributed by atoms with Gasteiger partial charge in [-0.3, -0.25) is 4.79 Å². The van der Waals surface area contributed by atoms with Crippen LogP contribution in [0, 0.1) is 5.92 Å². The van der Waals surface area contributed by atoms with Crippen molar-refractivity contribution >= 4 is 17.7 Å². The van der Waals surface area contributed by atoms with E-state index in [0.717, 1.165) is 18.6 Å². The highest BCUT2D eigenvalue weighted by atomic mass is 32.2. The predicted octanol–water partition coefficient (Wildman–Crippen LogP) is 2.25. The van der Waals surface area contributed by atoms with E-state index in [1.54, 1.807) is 0 Å². The highest BCUT2D eigenvalue weighted by molar-refractivity contribution is 8.01. The Morgan fingerprint density at radius 1 is 1.39 bits per heavy atom. The molecule has 2 N–H and O–H groups in total. The molecular formula is C14H26N2OS. The van der Waals surface area contributed by atoms with Gasteiger partial charge < -0.3 is 10.6 Å². The van der Waals surface area contributed by atoms with Crippen molar-refractivity contribution in [3.05, 3.63) is 0 Å². The summed E-state index contributed by atoms with van der Waals surface area (Å²) in [7, 11) is 1.99. The second-order valence-corrected chi connectivity index (χ2v) is 7.54. The van der Waals surface area contributed by atoms with Gasteiger partial charge in [-0.25, -0.2) is 0 Å². The summed E-state index contributed by atoms with van der Waals surface area (Å²) in [5.41, 5.74) is 5.87. The van der Waals surface area contributed by atoms with Crippen LogP contribution in [0.4, 0.5) is 0 Å². The molecule has 1 aliphatic carbocycles. The summed E-state index contributed by atoms with van der Waals surface area (Å²) in [6, 6.07) is 0.370. The molecule has 3 atom stereocenters. The highest BCUT2D eigenvalue weighted by Gasteiger charge is 2.42. The second-order valence-electron chi connectivity index (χ2n) is 5.95. The average Bonchev–Trinajstić information content (AvgIpc) is 2.85. The van der Waals surface area contributed by atoms with Gasteiger partial charge in [0.15, 0.2) is 0 Å². The Labute approximate surface area is 115 Å². The van der Waals surface area contributed by atoms with E-state index in [1.165, 1.54) is 25.7 Å². The number of nitrogens with zero attached hydrogens (tertiary/aromatic N) is 1. The van der Waals surface area contributed by atoms with Crippen LogP contribution >= 0.6 is 11.8 Å². The number of carbonyl (C=O) groups is 1. The molecule has 18 heavy (non-hydrogen) atoms. The van der Waals surface area contributed by atoms with Crippen LogP contribution in [0.5, 0.6) is 0 Å². The standard InChI is InChI=1S/C14H26N2OS/c1-14(8-5-9-18-14)13(17)16(2)12-7-4-3-6-11(12)10-15/h11-12H,3-10,15H2,1-2H3. The first-order valence-corrected chi connectivity index (χ1v) is 8.18. The minimum absolute atomic E-state index is 0.175. The Balaban J connectivity index is 2.04. The summed E-state index contributed by atoms with van der Waals surface area (Å²) in [5.74, 6) is 1.96. The molecule has 2 rings (SSSR count). The topological polar surface area (TPSA) is 46.3 Å². The van der Waals surface area contributed by atoms with Crippen LogP contribution in [-0.4, -0.2) is 40.9 Å². The first-order chi connectivity index (χ1) is 8.58. The number of hydrogen-bond donors (Lipinski definition) is 1. The molecule has 0 aromatic heterocycles. The third-order valence-electron chi connectivity index (χ3n) is 4.66. The third kappa shape index (κ3) is 2.69. The summed E-state index contributed by atoms with van der Waals surface area (Å²) in [6.07, 6.45) is 7.02.